The molecule has 0 bridgehead atoms. The number of aromatic nitrogens is 1. The van der Waals surface area contributed by atoms with Gasteiger partial charge in [-0.2, -0.15) is 6.20 Å². The second kappa shape index (κ2) is 3.31. The quantitative estimate of drug-likeness (QED) is 0.639. The minimum atomic E-state index is 0. The van der Waals surface area contributed by atoms with Gasteiger partial charge in [-0.15, -0.1) is 5.52 Å². The van der Waals surface area contributed by atoms with Crippen LogP contribution in [0.4, 0.5) is 0 Å². The van der Waals surface area contributed by atoms with Crippen molar-refractivity contribution in [3.05, 3.63) is 36.5 Å². The van der Waals surface area contributed by atoms with E-state index in [-0.39, 0.29) is 32.7 Å². The molecular weight excluding hydrogens is 199 g/mol. The Morgan fingerprint density at radius 1 is 1.00 bits per heavy atom. The second-order valence-corrected chi connectivity index (χ2v) is 2.00. The second-order valence-electron chi connectivity index (χ2n) is 2.00. The van der Waals surface area contributed by atoms with Crippen molar-refractivity contribution in [3.8, 4) is 0 Å². The zero-order valence-electron chi connectivity index (χ0n) is 5.49. The van der Waals surface area contributed by atoms with Crippen LogP contribution >= 0.6 is 0 Å². The molecule has 1 nitrogen and oxygen atoms in total. The molecular formula is C8H6NY-. The van der Waals surface area contributed by atoms with Gasteiger partial charge in [-0.05, 0) is 5.39 Å². The van der Waals surface area contributed by atoms with Gasteiger partial charge < -0.3 is 4.98 Å². The Balaban J connectivity index is 0.000000500. The molecule has 0 aliphatic heterocycles. The van der Waals surface area contributed by atoms with E-state index in [9.17, 15) is 0 Å². The van der Waals surface area contributed by atoms with Crippen LogP contribution < -0.4 is 4.98 Å². The standard InChI is InChI=1S/C8H6N.Y/c1-2-4-8-7(3-1)5-6-9-8;/h1-6H;/q-1;. The summed E-state index contributed by atoms with van der Waals surface area (Å²) in [7, 11) is 0. The summed E-state index contributed by atoms with van der Waals surface area (Å²) in [6, 6.07) is 10.1. The van der Waals surface area contributed by atoms with Crippen LogP contribution in [0.25, 0.3) is 10.9 Å². The van der Waals surface area contributed by atoms with Crippen molar-refractivity contribution in [2.24, 2.45) is 0 Å². The van der Waals surface area contributed by atoms with Gasteiger partial charge in [-0.1, -0.05) is 30.3 Å². The Kier molecular flexibility index (Phi) is 2.64. The molecule has 10 heavy (non-hydrogen) atoms. The Labute approximate surface area is 84.7 Å². The molecule has 0 saturated carbocycles. The third kappa shape index (κ3) is 1.30. The van der Waals surface area contributed by atoms with Crippen LogP contribution in [0, 0.1) is 0 Å². The summed E-state index contributed by atoms with van der Waals surface area (Å²) < 4.78 is 0. The number of hydrogen-bond donors (Lipinski definition) is 0. The molecule has 2 aromatic rings. The fourth-order valence-electron chi connectivity index (χ4n) is 0.944. The summed E-state index contributed by atoms with van der Waals surface area (Å²) in [6.45, 7) is 0. The van der Waals surface area contributed by atoms with Crippen LogP contribution in [0.2, 0.25) is 0 Å². The van der Waals surface area contributed by atoms with E-state index >= 15 is 0 Å². The van der Waals surface area contributed by atoms with Crippen molar-refractivity contribution in [2.75, 3.05) is 0 Å². The minimum Gasteiger partial charge on any atom is -0.664 e. The summed E-state index contributed by atoms with van der Waals surface area (Å²) in [5.41, 5.74) is 1.08. The SMILES string of the molecule is [Y].c1ccc2[n-]ccc2c1. The van der Waals surface area contributed by atoms with E-state index in [2.05, 4.69) is 11.1 Å². The Morgan fingerprint density at radius 3 is 2.60 bits per heavy atom. The van der Waals surface area contributed by atoms with E-state index in [0.717, 1.165) is 5.52 Å². The summed E-state index contributed by atoms with van der Waals surface area (Å²) in [5.74, 6) is 0. The zero-order chi connectivity index (χ0) is 6.10. The molecule has 1 radical (unpaired) electrons. The third-order valence-electron chi connectivity index (χ3n) is 1.40. The summed E-state index contributed by atoms with van der Waals surface area (Å²) in [4.78, 5) is 4.12. The van der Waals surface area contributed by atoms with Crippen LogP contribution in [0.15, 0.2) is 36.5 Å². The zero-order valence-corrected chi connectivity index (χ0v) is 8.33. The van der Waals surface area contributed by atoms with Gasteiger partial charge in [-0.25, -0.2) is 0 Å². The first-order valence-electron chi connectivity index (χ1n) is 2.93. The van der Waals surface area contributed by atoms with Gasteiger partial charge in [0.2, 0.25) is 0 Å². The number of fused-ring (bicyclic) bond motifs is 1. The molecule has 1 heterocycles. The summed E-state index contributed by atoms with van der Waals surface area (Å²) in [5, 5.41) is 1.22. The number of para-hydroxylation sites is 1. The first-order chi connectivity index (χ1) is 4.47. The van der Waals surface area contributed by atoms with Crippen LogP contribution in [0.1, 0.15) is 0 Å². The van der Waals surface area contributed by atoms with Crippen molar-refractivity contribution in [2.45, 2.75) is 0 Å². The molecule has 47 valence electrons. The summed E-state index contributed by atoms with van der Waals surface area (Å²) in [6.07, 6.45) is 1.82. The monoisotopic (exact) mass is 205 g/mol. The van der Waals surface area contributed by atoms with Gasteiger partial charge in [0.05, 0.1) is 0 Å². The molecule has 0 N–H and O–H groups in total. The van der Waals surface area contributed by atoms with Gasteiger partial charge in [0.25, 0.3) is 0 Å². The van der Waals surface area contributed by atoms with E-state index in [4.69, 9.17) is 0 Å². The average Bonchev–Trinajstić information content (AvgIpc) is 2.33. The Morgan fingerprint density at radius 2 is 1.80 bits per heavy atom. The maximum absolute atomic E-state index is 4.12. The van der Waals surface area contributed by atoms with Crippen LogP contribution in [-0.2, 0) is 32.7 Å². The average molecular weight is 205 g/mol. The fraction of sp³-hybridized carbons (Fsp3) is 0. The molecule has 0 saturated heterocycles. The fourth-order valence-corrected chi connectivity index (χ4v) is 0.944. The van der Waals surface area contributed by atoms with Crippen molar-refractivity contribution < 1.29 is 32.7 Å². The van der Waals surface area contributed by atoms with E-state index in [1.165, 1.54) is 5.39 Å². The molecule has 0 fully saturated rings. The molecule has 0 unspecified atom stereocenters. The molecule has 2 heteroatoms. The topological polar surface area (TPSA) is 14.1 Å². The number of nitrogens with zero attached hydrogens (tertiary/aromatic N) is 1. The smallest absolute Gasteiger partial charge is 0 e. The number of hydrogen-bond acceptors (Lipinski definition) is 0. The van der Waals surface area contributed by atoms with E-state index in [1.807, 2.05) is 30.5 Å². The molecule has 0 amide bonds. The normalized spacial score (nSPS) is 9.20. The minimum absolute atomic E-state index is 0. The van der Waals surface area contributed by atoms with Crippen LogP contribution in [0.5, 0.6) is 0 Å². The maximum atomic E-state index is 4.12. The van der Waals surface area contributed by atoms with Gasteiger partial charge >= 0.3 is 0 Å². The molecule has 0 atom stereocenters. The molecule has 0 aliphatic carbocycles. The van der Waals surface area contributed by atoms with Gasteiger partial charge in [-0.3, -0.25) is 0 Å². The van der Waals surface area contributed by atoms with E-state index in [0.29, 0.717) is 0 Å². The van der Waals surface area contributed by atoms with Crippen molar-refractivity contribution in [1.29, 1.82) is 0 Å². The van der Waals surface area contributed by atoms with E-state index in [1.54, 1.807) is 0 Å². The number of rotatable bonds is 0. The van der Waals surface area contributed by atoms with Crippen LogP contribution in [-0.4, -0.2) is 0 Å². The predicted molar refractivity (Wildman–Crippen MR) is 37.3 cm³/mol. The Hall–Kier alpha value is -0.136. The molecule has 0 spiro atoms. The van der Waals surface area contributed by atoms with Gasteiger partial charge in [0.1, 0.15) is 0 Å². The number of benzene rings is 1. The van der Waals surface area contributed by atoms with Gasteiger partial charge in [0, 0.05) is 32.7 Å². The molecule has 2 rings (SSSR count). The first-order valence-corrected chi connectivity index (χ1v) is 2.93. The van der Waals surface area contributed by atoms with E-state index < -0.39 is 0 Å². The predicted octanol–water partition coefficient (Wildman–Crippen LogP) is 1.79. The van der Waals surface area contributed by atoms with Gasteiger partial charge in [0.15, 0.2) is 0 Å². The largest absolute Gasteiger partial charge is 0.664 e. The Bertz CT molecular complexity index is 283. The van der Waals surface area contributed by atoms with Crippen molar-refractivity contribution >= 4 is 10.9 Å². The van der Waals surface area contributed by atoms with Crippen molar-refractivity contribution in [3.63, 3.8) is 0 Å². The molecule has 1 aromatic carbocycles. The third-order valence-corrected chi connectivity index (χ3v) is 1.40. The summed E-state index contributed by atoms with van der Waals surface area (Å²) >= 11 is 0. The first kappa shape index (κ1) is 7.97. The van der Waals surface area contributed by atoms with Crippen molar-refractivity contribution in [1.82, 2.24) is 4.98 Å². The molecule has 1 aromatic heterocycles. The van der Waals surface area contributed by atoms with Crippen LogP contribution in [0.3, 0.4) is 0 Å². The maximum Gasteiger partial charge on any atom is 0 e. The molecule has 0 aliphatic rings.